The third kappa shape index (κ3) is 4.78. The van der Waals surface area contributed by atoms with Crippen molar-refractivity contribution in [2.45, 2.75) is 58.7 Å². The van der Waals surface area contributed by atoms with Crippen molar-refractivity contribution in [3.05, 3.63) is 59.2 Å². The lowest BCUT2D eigenvalue weighted by atomic mass is 9.89. The van der Waals surface area contributed by atoms with E-state index in [9.17, 15) is 13.2 Å². The highest BCUT2D eigenvalue weighted by atomic mass is 32.2. The van der Waals surface area contributed by atoms with Gasteiger partial charge in [-0.15, -0.1) is 0 Å². The van der Waals surface area contributed by atoms with Crippen molar-refractivity contribution in [2.24, 2.45) is 0 Å². The van der Waals surface area contributed by atoms with E-state index in [4.69, 9.17) is 4.74 Å². The Labute approximate surface area is 179 Å². The van der Waals surface area contributed by atoms with Crippen LogP contribution in [0, 0.1) is 13.8 Å². The number of nitrogens with zero attached hydrogens (tertiary/aromatic N) is 1. The molecule has 1 N–H and O–H groups in total. The Morgan fingerprint density at radius 1 is 1.13 bits per heavy atom. The smallest absolute Gasteiger partial charge is 0.244 e. The standard InChI is InChI=1S/C23H30N2O4S/c1-15-7-10-18(11-8-15)25(30(6,27)28)17(3)22(26)24-20-14-23(4,5)29-21-13-16(2)9-12-19(20)21/h7-13,17,20H,14H2,1-6H3,(H,24,26)/t17-,20+/m1/s1. The number of sulfonamides is 1. The lowest BCUT2D eigenvalue weighted by molar-refractivity contribution is -0.123. The number of hydrogen-bond donors (Lipinski definition) is 1. The fourth-order valence-electron chi connectivity index (χ4n) is 3.88. The molecule has 0 aromatic heterocycles. The van der Waals surface area contributed by atoms with E-state index in [0.29, 0.717) is 12.1 Å². The molecule has 0 saturated heterocycles. The zero-order chi connectivity index (χ0) is 22.3. The monoisotopic (exact) mass is 430 g/mol. The first-order valence-corrected chi connectivity index (χ1v) is 11.9. The van der Waals surface area contributed by atoms with Gasteiger partial charge in [0.25, 0.3) is 0 Å². The summed E-state index contributed by atoms with van der Waals surface area (Å²) in [5.41, 5.74) is 3.01. The summed E-state index contributed by atoms with van der Waals surface area (Å²) in [6, 6.07) is 11.8. The van der Waals surface area contributed by atoms with Gasteiger partial charge in [-0.2, -0.15) is 0 Å². The maximum absolute atomic E-state index is 13.2. The molecular weight excluding hydrogens is 400 g/mol. The minimum absolute atomic E-state index is 0.265. The number of benzene rings is 2. The Hall–Kier alpha value is -2.54. The maximum Gasteiger partial charge on any atom is 0.244 e. The number of hydrogen-bond acceptors (Lipinski definition) is 4. The Morgan fingerprint density at radius 3 is 2.33 bits per heavy atom. The number of carbonyl (C=O) groups is 1. The van der Waals surface area contributed by atoms with Gasteiger partial charge in [-0.3, -0.25) is 9.10 Å². The summed E-state index contributed by atoms with van der Waals surface area (Å²) in [5.74, 6) is 0.401. The van der Waals surface area contributed by atoms with E-state index in [1.54, 1.807) is 19.1 Å². The fourth-order valence-corrected chi connectivity index (χ4v) is 5.06. The Bertz CT molecular complexity index is 1050. The maximum atomic E-state index is 13.2. The largest absolute Gasteiger partial charge is 0.487 e. The van der Waals surface area contributed by atoms with Crippen LogP contribution in [0.25, 0.3) is 0 Å². The molecule has 162 valence electrons. The van der Waals surface area contributed by atoms with Gasteiger partial charge in [0.05, 0.1) is 18.0 Å². The van der Waals surface area contributed by atoms with Gasteiger partial charge in [0.15, 0.2) is 0 Å². The van der Waals surface area contributed by atoms with Crippen LogP contribution in [-0.4, -0.2) is 32.2 Å². The molecule has 0 radical (unpaired) electrons. The fraction of sp³-hybridized carbons (Fsp3) is 0.435. The lowest BCUT2D eigenvalue weighted by Crippen LogP contribution is -2.50. The van der Waals surface area contributed by atoms with E-state index in [1.807, 2.05) is 58.0 Å². The summed E-state index contributed by atoms with van der Waals surface area (Å²) in [7, 11) is -3.66. The van der Waals surface area contributed by atoms with Crippen molar-refractivity contribution >= 4 is 21.6 Å². The number of fused-ring (bicyclic) bond motifs is 1. The van der Waals surface area contributed by atoms with Crippen molar-refractivity contribution in [1.82, 2.24) is 5.32 Å². The van der Waals surface area contributed by atoms with Crippen LogP contribution < -0.4 is 14.4 Å². The summed E-state index contributed by atoms with van der Waals surface area (Å²) >= 11 is 0. The van der Waals surface area contributed by atoms with Crippen LogP contribution in [0.1, 0.15) is 49.9 Å². The number of ether oxygens (including phenoxy) is 1. The molecule has 3 rings (SSSR count). The Kier molecular flexibility index (Phi) is 5.87. The number of amides is 1. The molecule has 2 aromatic rings. The van der Waals surface area contributed by atoms with E-state index < -0.39 is 21.7 Å². The predicted octanol–water partition coefficient (Wildman–Crippen LogP) is 3.88. The number of nitrogens with one attached hydrogen (secondary N) is 1. The molecule has 0 saturated carbocycles. The molecule has 1 aliphatic rings. The summed E-state index contributed by atoms with van der Waals surface area (Å²) in [6.07, 6.45) is 1.71. The first-order valence-electron chi connectivity index (χ1n) is 10.0. The summed E-state index contributed by atoms with van der Waals surface area (Å²) in [5, 5.41) is 3.06. The molecule has 6 nitrogen and oxygen atoms in total. The highest BCUT2D eigenvalue weighted by Crippen LogP contribution is 2.40. The normalized spacial score (nSPS) is 18.7. The highest BCUT2D eigenvalue weighted by molar-refractivity contribution is 7.92. The average molecular weight is 431 g/mol. The molecule has 2 aromatic carbocycles. The van der Waals surface area contributed by atoms with Gasteiger partial charge in [-0.25, -0.2) is 8.42 Å². The molecule has 0 fully saturated rings. The minimum atomic E-state index is -3.66. The first kappa shape index (κ1) is 22.2. The molecule has 30 heavy (non-hydrogen) atoms. The van der Waals surface area contributed by atoms with Gasteiger partial charge < -0.3 is 10.1 Å². The van der Waals surface area contributed by atoms with Crippen molar-refractivity contribution in [3.63, 3.8) is 0 Å². The molecule has 7 heteroatoms. The third-order valence-electron chi connectivity index (χ3n) is 5.32. The van der Waals surface area contributed by atoms with Crippen molar-refractivity contribution in [1.29, 1.82) is 0 Å². The minimum Gasteiger partial charge on any atom is -0.487 e. The van der Waals surface area contributed by atoms with Crippen LogP contribution in [0.2, 0.25) is 0 Å². The first-order chi connectivity index (χ1) is 13.9. The molecule has 0 unspecified atom stereocenters. The molecule has 0 bridgehead atoms. The topological polar surface area (TPSA) is 75.7 Å². The number of rotatable bonds is 5. The summed E-state index contributed by atoms with van der Waals surface area (Å²) in [6.45, 7) is 9.49. The second-order valence-electron chi connectivity index (χ2n) is 8.74. The molecule has 0 spiro atoms. The van der Waals surface area contributed by atoms with Crippen molar-refractivity contribution < 1.29 is 17.9 Å². The SMILES string of the molecule is Cc1ccc(N([C@H](C)C(=O)N[C@H]2CC(C)(C)Oc3cc(C)ccc32)S(C)(=O)=O)cc1. The van der Waals surface area contributed by atoms with Crippen LogP contribution in [0.4, 0.5) is 5.69 Å². The van der Waals surface area contributed by atoms with E-state index >= 15 is 0 Å². The van der Waals surface area contributed by atoms with Gasteiger partial charge in [0.2, 0.25) is 15.9 Å². The quantitative estimate of drug-likeness (QED) is 0.781. The van der Waals surface area contributed by atoms with E-state index in [1.165, 1.54) is 4.31 Å². The van der Waals surface area contributed by atoms with Gasteiger partial charge in [-0.1, -0.05) is 29.8 Å². The molecule has 1 aliphatic heterocycles. The zero-order valence-electron chi connectivity index (χ0n) is 18.4. The van der Waals surface area contributed by atoms with Crippen LogP contribution in [-0.2, 0) is 14.8 Å². The van der Waals surface area contributed by atoms with Crippen LogP contribution in [0.3, 0.4) is 0 Å². The summed E-state index contributed by atoms with van der Waals surface area (Å²) < 4.78 is 32.3. The van der Waals surface area contributed by atoms with Gasteiger partial charge >= 0.3 is 0 Å². The number of anilines is 1. The molecule has 0 aliphatic carbocycles. The molecular formula is C23H30N2O4S. The molecule has 2 atom stereocenters. The molecule has 1 amide bonds. The van der Waals surface area contributed by atoms with Crippen LogP contribution in [0.15, 0.2) is 42.5 Å². The van der Waals surface area contributed by atoms with Crippen LogP contribution >= 0.6 is 0 Å². The second kappa shape index (κ2) is 7.95. The third-order valence-corrected chi connectivity index (χ3v) is 6.56. The second-order valence-corrected chi connectivity index (χ2v) is 10.6. The van der Waals surface area contributed by atoms with Crippen LogP contribution in [0.5, 0.6) is 5.75 Å². The van der Waals surface area contributed by atoms with Crippen molar-refractivity contribution in [3.8, 4) is 5.75 Å². The van der Waals surface area contributed by atoms with Gasteiger partial charge in [-0.05, 0) is 58.4 Å². The zero-order valence-corrected chi connectivity index (χ0v) is 19.2. The highest BCUT2D eigenvalue weighted by Gasteiger charge is 2.37. The number of aryl methyl sites for hydroxylation is 2. The Balaban J connectivity index is 1.89. The van der Waals surface area contributed by atoms with E-state index in [0.717, 1.165) is 28.7 Å². The van der Waals surface area contributed by atoms with Gasteiger partial charge in [0.1, 0.15) is 17.4 Å². The predicted molar refractivity (Wildman–Crippen MR) is 119 cm³/mol. The van der Waals surface area contributed by atoms with E-state index in [-0.39, 0.29) is 11.9 Å². The average Bonchev–Trinajstić information content (AvgIpc) is 2.61. The van der Waals surface area contributed by atoms with E-state index in [2.05, 4.69) is 5.32 Å². The lowest BCUT2D eigenvalue weighted by Gasteiger charge is -2.39. The summed E-state index contributed by atoms with van der Waals surface area (Å²) in [4.78, 5) is 13.2. The molecule has 1 heterocycles. The number of carbonyl (C=O) groups excluding carboxylic acids is 1. The Morgan fingerprint density at radius 2 is 1.73 bits per heavy atom. The van der Waals surface area contributed by atoms with Crippen molar-refractivity contribution in [2.75, 3.05) is 10.6 Å². The van der Waals surface area contributed by atoms with Gasteiger partial charge in [0, 0.05) is 12.0 Å².